The van der Waals surface area contributed by atoms with E-state index in [0.717, 1.165) is 23.4 Å². The van der Waals surface area contributed by atoms with Crippen molar-refractivity contribution in [3.63, 3.8) is 0 Å². The number of rotatable bonds is 7. The second kappa shape index (κ2) is 9.96. The average Bonchev–Trinajstić information content (AvgIpc) is 2.77. The van der Waals surface area contributed by atoms with E-state index in [1.165, 1.54) is 0 Å². The van der Waals surface area contributed by atoms with Crippen LogP contribution in [0.2, 0.25) is 0 Å². The monoisotopic (exact) mass is 321 g/mol. The zero-order valence-corrected chi connectivity index (χ0v) is 13.1. The lowest BCUT2D eigenvalue weighted by Gasteiger charge is -2.08. The number of nitrogens with two attached hydrogens (primary N) is 1. The van der Waals surface area contributed by atoms with E-state index in [-0.39, 0.29) is 24.8 Å². The van der Waals surface area contributed by atoms with Gasteiger partial charge in [0.1, 0.15) is 5.82 Å². The first-order chi connectivity index (χ1) is 8.86. The van der Waals surface area contributed by atoms with Gasteiger partial charge in [0.25, 0.3) is 0 Å². The van der Waals surface area contributed by atoms with Crippen LogP contribution in [0.15, 0.2) is 24.3 Å². The highest BCUT2D eigenvalue weighted by molar-refractivity contribution is 5.85. The molecule has 0 aliphatic carbocycles. The summed E-state index contributed by atoms with van der Waals surface area (Å²) < 4.78 is 12.5. The van der Waals surface area contributed by atoms with Crippen LogP contribution in [0.3, 0.4) is 0 Å². The number of ether oxygens (including phenoxy) is 2. The van der Waals surface area contributed by atoms with Gasteiger partial charge in [0.05, 0.1) is 37.4 Å². The van der Waals surface area contributed by atoms with E-state index in [9.17, 15) is 0 Å². The third-order valence-corrected chi connectivity index (χ3v) is 2.81. The predicted molar refractivity (Wildman–Crippen MR) is 84.8 cm³/mol. The molecule has 0 atom stereocenters. The van der Waals surface area contributed by atoms with Crippen LogP contribution >= 0.6 is 24.8 Å². The maximum atomic E-state index is 5.72. The van der Waals surface area contributed by atoms with Gasteiger partial charge < -0.3 is 19.8 Å². The standard InChI is InChI=1S/C13H19N3O2.2ClH/c1-17-8-9-18-7-6-16-12-5-3-2-4-11(12)15-13(16)10-14;;/h2-5H,6-10,14H2,1H3;2*1H. The second-order valence-electron chi connectivity index (χ2n) is 3.98. The highest BCUT2D eigenvalue weighted by Gasteiger charge is 2.08. The van der Waals surface area contributed by atoms with Gasteiger partial charge in [-0.1, -0.05) is 12.1 Å². The van der Waals surface area contributed by atoms with E-state index < -0.39 is 0 Å². The number of halogens is 2. The normalized spacial score (nSPS) is 10.1. The topological polar surface area (TPSA) is 62.3 Å². The molecule has 7 heteroatoms. The third kappa shape index (κ3) is 4.61. The molecule has 114 valence electrons. The van der Waals surface area contributed by atoms with Crippen LogP contribution in [0.1, 0.15) is 5.82 Å². The van der Waals surface area contributed by atoms with E-state index in [0.29, 0.717) is 26.4 Å². The smallest absolute Gasteiger partial charge is 0.123 e. The van der Waals surface area contributed by atoms with Crippen LogP contribution in [-0.4, -0.2) is 36.5 Å². The van der Waals surface area contributed by atoms with Crippen molar-refractivity contribution in [3.05, 3.63) is 30.1 Å². The SMILES string of the molecule is COCCOCCn1c(CN)nc2ccccc21.Cl.Cl. The van der Waals surface area contributed by atoms with Crippen LogP contribution in [0.5, 0.6) is 0 Å². The molecule has 2 rings (SSSR count). The van der Waals surface area contributed by atoms with Crippen molar-refractivity contribution in [2.45, 2.75) is 13.1 Å². The molecule has 0 radical (unpaired) electrons. The summed E-state index contributed by atoms with van der Waals surface area (Å²) in [4.78, 5) is 4.50. The number of nitrogens with zero attached hydrogens (tertiary/aromatic N) is 2. The van der Waals surface area contributed by atoms with Crippen molar-refractivity contribution in [1.29, 1.82) is 0 Å². The zero-order valence-electron chi connectivity index (χ0n) is 11.4. The summed E-state index contributed by atoms with van der Waals surface area (Å²) in [5, 5.41) is 0. The van der Waals surface area contributed by atoms with Crippen molar-refractivity contribution >= 4 is 35.8 Å². The highest BCUT2D eigenvalue weighted by Crippen LogP contribution is 2.15. The Bertz CT molecular complexity index is 505. The minimum Gasteiger partial charge on any atom is -0.382 e. The molecule has 0 aliphatic rings. The van der Waals surface area contributed by atoms with Gasteiger partial charge in [-0.25, -0.2) is 4.98 Å². The summed E-state index contributed by atoms with van der Waals surface area (Å²) in [6.45, 7) is 3.07. The molecular formula is C13H21Cl2N3O2. The summed E-state index contributed by atoms with van der Waals surface area (Å²) in [7, 11) is 1.67. The number of para-hydroxylation sites is 2. The van der Waals surface area contributed by atoms with E-state index in [2.05, 4.69) is 15.6 Å². The van der Waals surface area contributed by atoms with Crippen molar-refractivity contribution in [1.82, 2.24) is 9.55 Å². The molecule has 0 bridgehead atoms. The van der Waals surface area contributed by atoms with Gasteiger partial charge in [0, 0.05) is 13.7 Å². The second-order valence-corrected chi connectivity index (χ2v) is 3.98. The molecule has 20 heavy (non-hydrogen) atoms. The summed E-state index contributed by atoms with van der Waals surface area (Å²) in [5.41, 5.74) is 7.81. The average molecular weight is 322 g/mol. The van der Waals surface area contributed by atoms with Crippen LogP contribution in [0.25, 0.3) is 11.0 Å². The van der Waals surface area contributed by atoms with Gasteiger partial charge in [-0.2, -0.15) is 0 Å². The van der Waals surface area contributed by atoms with Gasteiger partial charge >= 0.3 is 0 Å². The molecule has 2 N–H and O–H groups in total. The van der Waals surface area contributed by atoms with Gasteiger partial charge in [0.2, 0.25) is 0 Å². The summed E-state index contributed by atoms with van der Waals surface area (Å²) >= 11 is 0. The molecule has 5 nitrogen and oxygen atoms in total. The maximum absolute atomic E-state index is 5.72. The molecule has 2 aromatic rings. The van der Waals surface area contributed by atoms with Gasteiger partial charge in [0.15, 0.2) is 0 Å². The Kier molecular flexibility index (Phi) is 9.54. The van der Waals surface area contributed by atoms with Crippen LogP contribution in [0, 0.1) is 0 Å². The third-order valence-electron chi connectivity index (χ3n) is 2.81. The predicted octanol–water partition coefficient (Wildman–Crippen LogP) is 2.00. The van der Waals surface area contributed by atoms with Crippen LogP contribution in [0.4, 0.5) is 0 Å². The van der Waals surface area contributed by atoms with Crippen molar-refractivity contribution in [2.75, 3.05) is 26.9 Å². The first kappa shape index (κ1) is 19.1. The number of methoxy groups -OCH3 is 1. The molecule has 1 aromatic carbocycles. The first-order valence-corrected chi connectivity index (χ1v) is 6.07. The summed E-state index contributed by atoms with van der Waals surface area (Å²) in [6, 6.07) is 8.04. The van der Waals surface area contributed by atoms with Gasteiger partial charge in [-0.05, 0) is 12.1 Å². The number of hydrogen-bond acceptors (Lipinski definition) is 4. The maximum Gasteiger partial charge on any atom is 0.123 e. The lowest BCUT2D eigenvalue weighted by molar-refractivity contribution is 0.0667. The Morgan fingerprint density at radius 3 is 2.60 bits per heavy atom. The molecule has 0 aliphatic heterocycles. The van der Waals surface area contributed by atoms with Gasteiger partial charge in [-0.3, -0.25) is 0 Å². The minimum absolute atomic E-state index is 0. The molecule has 0 amide bonds. The number of fused-ring (bicyclic) bond motifs is 1. The van der Waals surface area contributed by atoms with E-state index in [1.54, 1.807) is 7.11 Å². The minimum atomic E-state index is 0. The van der Waals surface area contributed by atoms with Gasteiger partial charge in [-0.15, -0.1) is 24.8 Å². The van der Waals surface area contributed by atoms with Crippen molar-refractivity contribution in [2.24, 2.45) is 5.73 Å². The number of hydrogen-bond donors (Lipinski definition) is 1. The number of imidazole rings is 1. The highest BCUT2D eigenvalue weighted by atomic mass is 35.5. The quantitative estimate of drug-likeness (QED) is 0.792. The Morgan fingerprint density at radius 2 is 1.90 bits per heavy atom. The molecule has 0 saturated carbocycles. The fraction of sp³-hybridized carbons (Fsp3) is 0.462. The molecule has 0 unspecified atom stereocenters. The summed E-state index contributed by atoms with van der Waals surface area (Å²) in [6.07, 6.45) is 0. The molecule has 0 saturated heterocycles. The van der Waals surface area contributed by atoms with Crippen LogP contribution in [-0.2, 0) is 22.6 Å². The molecule has 1 aromatic heterocycles. The zero-order chi connectivity index (χ0) is 12.8. The van der Waals surface area contributed by atoms with E-state index in [1.807, 2.05) is 18.2 Å². The molecule has 0 spiro atoms. The molecule has 0 fully saturated rings. The lowest BCUT2D eigenvalue weighted by Crippen LogP contribution is -2.13. The fourth-order valence-electron chi connectivity index (χ4n) is 1.93. The lowest BCUT2D eigenvalue weighted by atomic mass is 10.3. The molecular weight excluding hydrogens is 301 g/mol. The summed E-state index contributed by atoms with van der Waals surface area (Å²) in [5.74, 6) is 0.895. The fourth-order valence-corrected chi connectivity index (χ4v) is 1.93. The largest absolute Gasteiger partial charge is 0.382 e. The van der Waals surface area contributed by atoms with Crippen molar-refractivity contribution < 1.29 is 9.47 Å². The first-order valence-electron chi connectivity index (χ1n) is 6.07. The Labute approximate surface area is 131 Å². The number of aromatic nitrogens is 2. The molecule has 1 heterocycles. The van der Waals surface area contributed by atoms with E-state index in [4.69, 9.17) is 15.2 Å². The number of benzene rings is 1. The van der Waals surface area contributed by atoms with Crippen molar-refractivity contribution in [3.8, 4) is 0 Å². The van der Waals surface area contributed by atoms with Crippen LogP contribution < -0.4 is 5.73 Å². The Morgan fingerprint density at radius 1 is 1.15 bits per heavy atom. The Hall–Kier alpha value is -0.850. The van der Waals surface area contributed by atoms with E-state index >= 15 is 0 Å². The Balaban J connectivity index is 0.00000180.